The molecule has 2 rings (SSSR count). The van der Waals surface area contributed by atoms with E-state index >= 15 is 0 Å². The van der Waals surface area contributed by atoms with Gasteiger partial charge in [0.15, 0.2) is 5.16 Å². The van der Waals surface area contributed by atoms with Crippen molar-refractivity contribution >= 4 is 22.8 Å². The van der Waals surface area contributed by atoms with Crippen LogP contribution in [0.25, 0.3) is 11.0 Å². The van der Waals surface area contributed by atoms with Gasteiger partial charge >= 0.3 is 0 Å². The third-order valence-corrected chi connectivity index (χ3v) is 3.63. The average Bonchev–Trinajstić information content (AvgIpc) is 2.70. The third kappa shape index (κ3) is 3.37. The standard InChI is InChI=1S/C14H19N3S/c1-4-7-15-9-11(3)18-14-16-12-6-5-10(2)8-13(12)17-14/h4-6,8,11,15H,1,7,9H2,2-3H3,(H,16,17). The van der Waals surface area contributed by atoms with Crippen molar-refractivity contribution in [3.05, 3.63) is 36.4 Å². The van der Waals surface area contributed by atoms with Gasteiger partial charge in [0.1, 0.15) is 0 Å². The lowest BCUT2D eigenvalue weighted by molar-refractivity contribution is 0.739. The molecule has 1 unspecified atom stereocenters. The number of aryl methyl sites for hydroxylation is 1. The van der Waals surface area contributed by atoms with Crippen LogP contribution in [0.4, 0.5) is 0 Å². The Labute approximate surface area is 112 Å². The minimum atomic E-state index is 0.478. The lowest BCUT2D eigenvalue weighted by Crippen LogP contribution is -2.22. The van der Waals surface area contributed by atoms with Crippen molar-refractivity contribution in [2.45, 2.75) is 24.3 Å². The minimum Gasteiger partial charge on any atom is -0.333 e. The Morgan fingerprint density at radius 3 is 3.17 bits per heavy atom. The summed E-state index contributed by atoms with van der Waals surface area (Å²) in [6.07, 6.45) is 1.88. The van der Waals surface area contributed by atoms with Crippen molar-refractivity contribution in [1.82, 2.24) is 15.3 Å². The Morgan fingerprint density at radius 2 is 2.39 bits per heavy atom. The van der Waals surface area contributed by atoms with E-state index in [-0.39, 0.29) is 0 Å². The number of fused-ring (bicyclic) bond motifs is 1. The van der Waals surface area contributed by atoms with E-state index in [2.05, 4.69) is 53.9 Å². The molecule has 0 bridgehead atoms. The summed E-state index contributed by atoms with van der Waals surface area (Å²) >= 11 is 1.76. The third-order valence-electron chi connectivity index (χ3n) is 2.65. The zero-order valence-corrected chi connectivity index (χ0v) is 11.7. The second-order valence-corrected chi connectivity index (χ2v) is 5.87. The molecule has 0 radical (unpaired) electrons. The van der Waals surface area contributed by atoms with Crippen molar-refractivity contribution in [1.29, 1.82) is 0 Å². The molecule has 3 nitrogen and oxygen atoms in total. The number of nitrogens with one attached hydrogen (secondary N) is 2. The molecule has 1 aromatic carbocycles. The monoisotopic (exact) mass is 261 g/mol. The highest BCUT2D eigenvalue weighted by Crippen LogP contribution is 2.23. The van der Waals surface area contributed by atoms with Gasteiger partial charge in [-0.25, -0.2) is 4.98 Å². The number of imidazole rings is 1. The number of hydrogen-bond acceptors (Lipinski definition) is 3. The number of aromatic amines is 1. The van der Waals surface area contributed by atoms with Crippen LogP contribution in [0, 0.1) is 6.92 Å². The van der Waals surface area contributed by atoms with Crippen LogP contribution in [-0.2, 0) is 0 Å². The van der Waals surface area contributed by atoms with Crippen LogP contribution in [0.3, 0.4) is 0 Å². The molecule has 0 aliphatic rings. The van der Waals surface area contributed by atoms with E-state index in [9.17, 15) is 0 Å². The van der Waals surface area contributed by atoms with E-state index in [1.807, 2.05) is 6.08 Å². The Balaban J connectivity index is 2.00. The first kappa shape index (κ1) is 13.2. The van der Waals surface area contributed by atoms with Gasteiger partial charge in [-0.15, -0.1) is 6.58 Å². The smallest absolute Gasteiger partial charge is 0.166 e. The Morgan fingerprint density at radius 1 is 1.56 bits per heavy atom. The number of rotatable bonds is 6. The number of H-pyrrole nitrogens is 1. The van der Waals surface area contributed by atoms with Gasteiger partial charge in [0.25, 0.3) is 0 Å². The summed E-state index contributed by atoms with van der Waals surface area (Å²) in [5, 5.41) is 4.79. The first-order chi connectivity index (χ1) is 8.69. The number of hydrogen-bond donors (Lipinski definition) is 2. The lowest BCUT2D eigenvalue weighted by atomic mass is 10.2. The van der Waals surface area contributed by atoms with E-state index in [0.29, 0.717) is 5.25 Å². The van der Waals surface area contributed by atoms with Crippen LogP contribution in [0.2, 0.25) is 0 Å². The van der Waals surface area contributed by atoms with E-state index in [0.717, 1.165) is 29.3 Å². The zero-order valence-electron chi connectivity index (χ0n) is 10.9. The summed E-state index contributed by atoms with van der Waals surface area (Å²) in [4.78, 5) is 7.94. The zero-order chi connectivity index (χ0) is 13.0. The molecule has 2 N–H and O–H groups in total. The molecular weight excluding hydrogens is 242 g/mol. The molecule has 2 aromatic rings. The maximum absolute atomic E-state index is 4.58. The van der Waals surface area contributed by atoms with Gasteiger partial charge in [0.05, 0.1) is 11.0 Å². The van der Waals surface area contributed by atoms with Crippen LogP contribution in [0.15, 0.2) is 36.0 Å². The van der Waals surface area contributed by atoms with Crippen LogP contribution < -0.4 is 5.32 Å². The highest BCUT2D eigenvalue weighted by atomic mass is 32.2. The fourth-order valence-corrected chi connectivity index (χ4v) is 2.68. The van der Waals surface area contributed by atoms with Crippen LogP contribution in [0.5, 0.6) is 0 Å². The fourth-order valence-electron chi connectivity index (χ4n) is 1.78. The molecule has 0 aliphatic carbocycles. The van der Waals surface area contributed by atoms with E-state index in [1.54, 1.807) is 11.8 Å². The van der Waals surface area contributed by atoms with Gasteiger partial charge in [-0.2, -0.15) is 0 Å². The summed E-state index contributed by atoms with van der Waals surface area (Å²) in [5.41, 5.74) is 3.40. The molecule has 1 aromatic heterocycles. The molecule has 0 amide bonds. The van der Waals surface area contributed by atoms with Gasteiger partial charge in [0, 0.05) is 18.3 Å². The Hall–Kier alpha value is -1.26. The summed E-state index contributed by atoms with van der Waals surface area (Å²) in [6.45, 7) is 9.78. The van der Waals surface area contributed by atoms with Gasteiger partial charge in [-0.1, -0.05) is 30.8 Å². The summed E-state index contributed by atoms with van der Waals surface area (Å²) in [6, 6.07) is 6.28. The molecule has 0 aliphatic heterocycles. The summed E-state index contributed by atoms with van der Waals surface area (Å²) in [5.74, 6) is 0. The van der Waals surface area contributed by atoms with Gasteiger partial charge in [-0.05, 0) is 24.6 Å². The molecule has 0 fully saturated rings. The predicted molar refractivity (Wildman–Crippen MR) is 79.2 cm³/mol. The highest BCUT2D eigenvalue weighted by Gasteiger charge is 2.08. The van der Waals surface area contributed by atoms with Crippen LogP contribution in [0.1, 0.15) is 12.5 Å². The van der Waals surface area contributed by atoms with Gasteiger partial charge in [0.2, 0.25) is 0 Å². The molecule has 1 atom stereocenters. The molecule has 96 valence electrons. The van der Waals surface area contributed by atoms with Crippen molar-refractivity contribution in [3.8, 4) is 0 Å². The van der Waals surface area contributed by atoms with Gasteiger partial charge in [-0.3, -0.25) is 0 Å². The molecule has 0 spiro atoms. The fraction of sp³-hybridized carbons (Fsp3) is 0.357. The quantitative estimate of drug-likeness (QED) is 0.477. The summed E-state index contributed by atoms with van der Waals surface area (Å²) in [7, 11) is 0. The first-order valence-electron chi connectivity index (χ1n) is 6.13. The SMILES string of the molecule is C=CCNCC(C)Sc1nc2ccc(C)cc2[nH]1. The average molecular weight is 261 g/mol. The highest BCUT2D eigenvalue weighted by molar-refractivity contribution is 7.99. The van der Waals surface area contributed by atoms with E-state index < -0.39 is 0 Å². The molecule has 1 heterocycles. The molecule has 18 heavy (non-hydrogen) atoms. The van der Waals surface area contributed by atoms with E-state index in [4.69, 9.17) is 0 Å². The van der Waals surface area contributed by atoms with Crippen LogP contribution >= 0.6 is 11.8 Å². The molecule has 4 heteroatoms. The van der Waals surface area contributed by atoms with Gasteiger partial charge < -0.3 is 10.3 Å². The molecular formula is C14H19N3S. The number of thioether (sulfide) groups is 1. The summed E-state index contributed by atoms with van der Waals surface area (Å²) < 4.78 is 0. The minimum absolute atomic E-state index is 0.478. The largest absolute Gasteiger partial charge is 0.333 e. The number of aromatic nitrogens is 2. The number of nitrogens with zero attached hydrogens (tertiary/aromatic N) is 1. The lowest BCUT2D eigenvalue weighted by Gasteiger charge is -2.08. The molecule has 0 saturated carbocycles. The first-order valence-corrected chi connectivity index (χ1v) is 7.01. The maximum Gasteiger partial charge on any atom is 0.166 e. The Bertz CT molecular complexity index is 533. The van der Waals surface area contributed by atoms with Crippen molar-refractivity contribution in [2.75, 3.05) is 13.1 Å². The second kappa shape index (κ2) is 6.07. The topological polar surface area (TPSA) is 40.7 Å². The number of benzene rings is 1. The van der Waals surface area contributed by atoms with Crippen molar-refractivity contribution in [3.63, 3.8) is 0 Å². The molecule has 0 saturated heterocycles. The van der Waals surface area contributed by atoms with Crippen LogP contribution in [-0.4, -0.2) is 28.3 Å². The second-order valence-electron chi connectivity index (χ2n) is 4.44. The normalized spacial score (nSPS) is 12.8. The maximum atomic E-state index is 4.58. The van der Waals surface area contributed by atoms with E-state index in [1.165, 1.54) is 5.56 Å². The van der Waals surface area contributed by atoms with Crippen molar-refractivity contribution in [2.24, 2.45) is 0 Å². The Kier molecular flexibility index (Phi) is 4.44. The van der Waals surface area contributed by atoms with Crippen molar-refractivity contribution < 1.29 is 0 Å². The predicted octanol–water partition coefficient (Wildman–Crippen LogP) is 3.13.